The Kier molecular flexibility index (Phi) is 4.14. The fraction of sp³-hybridized carbons (Fsp3) is 0.167. The molecule has 0 spiro atoms. The Labute approximate surface area is 142 Å². The van der Waals surface area contributed by atoms with Gasteiger partial charge in [0.1, 0.15) is 16.9 Å². The van der Waals surface area contributed by atoms with Crippen LogP contribution in [0.4, 0.5) is 0 Å². The lowest BCUT2D eigenvalue weighted by molar-refractivity contribution is 0.363. The standard InChI is InChI=1S/C18H16O7/c1-22-12-5-4-9(6-10(12)19)13-7-11(20)16-14(23-2)8-15(24-3)17(21)18(16)25-13/h4-8,19,21H,1-3H3. The molecule has 0 radical (unpaired) electrons. The van der Waals surface area contributed by atoms with Gasteiger partial charge in [0.2, 0.25) is 5.75 Å². The third-order valence-corrected chi connectivity index (χ3v) is 3.81. The monoisotopic (exact) mass is 344 g/mol. The number of phenolic OH excluding ortho intramolecular Hbond substituents is 2. The molecule has 1 aromatic heterocycles. The molecule has 25 heavy (non-hydrogen) atoms. The maximum absolute atomic E-state index is 12.5. The van der Waals surface area contributed by atoms with Gasteiger partial charge in [-0.25, -0.2) is 0 Å². The predicted molar refractivity (Wildman–Crippen MR) is 90.9 cm³/mol. The van der Waals surface area contributed by atoms with Gasteiger partial charge in [-0.15, -0.1) is 0 Å². The lowest BCUT2D eigenvalue weighted by Crippen LogP contribution is -2.03. The van der Waals surface area contributed by atoms with Crippen LogP contribution in [0.1, 0.15) is 0 Å². The third kappa shape index (κ3) is 2.69. The zero-order valence-corrected chi connectivity index (χ0v) is 13.8. The highest BCUT2D eigenvalue weighted by Gasteiger charge is 2.19. The third-order valence-electron chi connectivity index (χ3n) is 3.81. The summed E-state index contributed by atoms with van der Waals surface area (Å²) in [5, 5.41) is 20.3. The Hall–Kier alpha value is -3.35. The summed E-state index contributed by atoms with van der Waals surface area (Å²) >= 11 is 0. The van der Waals surface area contributed by atoms with Crippen LogP contribution in [0, 0.1) is 0 Å². The van der Waals surface area contributed by atoms with E-state index < -0.39 is 5.43 Å². The van der Waals surface area contributed by atoms with E-state index in [4.69, 9.17) is 18.6 Å². The van der Waals surface area contributed by atoms with Crippen molar-refractivity contribution in [1.29, 1.82) is 0 Å². The van der Waals surface area contributed by atoms with Gasteiger partial charge < -0.3 is 28.8 Å². The largest absolute Gasteiger partial charge is 0.504 e. The second-order valence-electron chi connectivity index (χ2n) is 5.20. The summed E-state index contributed by atoms with van der Waals surface area (Å²) in [6, 6.07) is 7.24. The molecular weight excluding hydrogens is 328 g/mol. The molecule has 2 N–H and O–H groups in total. The topological polar surface area (TPSA) is 98.4 Å². The van der Waals surface area contributed by atoms with Gasteiger partial charge in [-0.1, -0.05) is 0 Å². The Morgan fingerprint density at radius 2 is 1.56 bits per heavy atom. The molecule has 0 amide bonds. The van der Waals surface area contributed by atoms with Crippen LogP contribution in [-0.2, 0) is 0 Å². The average Bonchev–Trinajstić information content (AvgIpc) is 2.62. The highest BCUT2D eigenvalue weighted by Crippen LogP contribution is 2.41. The molecule has 3 rings (SSSR count). The number of rotatable bonds is 4. The number of hydrogen-bond donors (Lipinski definition) is 2. The molecule has 0 fully saturated rings. The van der Waals surface area contributed by atoms with Crippen molar-refractivity contribution in [2.24, 2.45) is 0 Å². The van der Waals surface area contributed by atoms with E-state index in [9.17, 15) is 15.0 Å². The minimum atomic E-state index is -0.402. The second kappa shape index (κ2) is 6.27. The van der Waals surface area contributed by atoms with Crippen molar-refractivity contribution >= 4 is 11.0 Å². The minimum absolute atomic E-state index is 0.0611. The molecule has 0 unspecified atom stereocenters. The molecule has 0 atom stereocenters. The van der Waals surface area contributed by atoms with Crippen LogP contribution in [0.15, 0.2) is 39.5 Å². The molecule has 130 valence electrons. The van der Waals surface area contributed by atoms with Gasteiger partial charge in [-0.3, -0.25) is 4.79 Å². The van der Waals surface area contributed by atoms with Crippen LogP contribution in [-0.4, -0.2) is 31.5 Å². The molecule has 0 aliphatic rings. The van der Waals surface area contributed by atoms with Crippen molar-refractivity contribution in [3.8, 4) is 40.1 Å². The number of phenols is 2. The quantitative estimate of drug-likeness (QED) is 0.751. The summed E-state index contributed by atoms with van der Waals surface area (Å²) in [5.41, 5.74) is -0.0196. The molecule has 0 aliphatic carbocycles. The number of ether oxygens (including phenoxy) is 3. The van der Waals surface area contributed by atoms with E-state index in [1.165, 1.54) is 39.5 Å². The highest BCUT2D eigenvalue weighted by atomic mass is 16.5. The summed E-state index contributed by atoms with van der Waals surface area (Å²) in [6.45, 7) is 0. The van der Waals surface area contributed by atoms with Crippen molar-refractivity contribution in [1.82, 2.24) is 0 Å². The number of methoxy groups -OCH3 is 3. The lowest BCUT2D eigenvalue weighted by Gasteiger charge is -2.11. The van der Waals surface area contributed by atoms with E-state index in [1.54, 1.807) is 12.1 Å². The Balaban J connectivity index is 2.30. The van der Waals surface area contributed by atoms with Crippen molar-refractivity contribution in [3.05, 3.63) is 40.6 Å². The van der Waals surface area contributed by atoms with Crippen LogP contribution in [0.25, 0.3) is 22.3 Å². The van der Waals surface area contributed by atoms with Crippen molar-refractivity contribution < 1.29 is 28.8 Å². The SMILES string of the molecule is COc1ccc(-c2cc(=O)c3c(OC)cc(OC)c(O)c3o2)cc1O. The van der Waals surface area contributed by atoms with Crippen LogP contribution in [0.2, 0.25) is 0 Å². The zero-order valence-electron chi connectivity index (χ0n) is 13.8. The van der Waals surface area contributed by atoms with Crippen molar-refractivity contribution in [2.75, 3.05) is 21.3 Å². The first kappa shape index (κ1) is 16.5. The van der Waals surface area contributed by atoms with E-state index >= 15 is 0 Å². The van der Waals surface area contributed by atoms with Gasteiger partial charge in [-0.2, -0.15) is 0 Å². The van der Waals surface area contributed by atoms with Gasteiger partial charge in [0.15, 0.2) is 28.3 Å². The lowest BCUT2D eigenvalue weighted by atomic mass is 10.1. The van der Waals surface area contributed by atoms with E-state index in [2.05, 4.69) is 0 Å². The van der Waals surface area contributed by atoms with Crippen LogP contribution < -0.4 is 19.6 Å². The summed E-state index contributed by atoms with van der Waals surface area (Å²) in [4.78, 5) is 12.5. The summed E-state index contributed by atoms with van der Waals surface area (Å²) < 4.78 is 21.0. The molecule has 2 aromatic carbocycles. The molecular formula is C18H16O7. The number of aromatic hydroxyl groups is 2. The molecule has 0 bridgehead atoms. The normalized spacial score (nSPS) is 10.7. The summed E-state index contributed by atoms with van der Waals surface area (Å²) in [5.74, 6) is 0.383. The Bertz CT molecular complexity index is 1000. The predicted octanol–water partition coefficient (Wildman–Crippen LogP) is 2.90. The summed E-state index contributed by atoms with van der Waals surface area (Å²) in [7, 11) is 4.21. The Morgan fingerprint density at radius 3 is 2.16 bits per heavy atom. The minimum Gasteiger partial charge on any atom is -0.504 e. The smallest absolute Gasteiger partial charge is 0.202 e. The molecule has 0 saturated carbocycles. The van der Waals surface area contributed by atoms with Crippen LogP contribution in [0.3, 0.4) is 0 Å². The maximum atomic E-state index is 12.5. The van der Waals surface area contributed by atoms with Crippen molar-refractivity contribution in [2.45, 2.75) is 0 Å². The van der Waals surface area contributed by atoms with Crippen LogP contribution >= 0.6 is 0 Å². The molecule has 3 aromatic rings. The fourth-order valence-electron chi connectivity index (χ4n) is 2.57. The first-order chi connectivity index (χ1) is 12.0. The molecule has 0 saturated heterocycles. The van der Waals surface area contributed by atoms with E-state index in [-0.39, 0.29) is 45.5 Å². The van der Waals surface area contributed by atoms with Crippen molar-refractivity contribution in [3.63, 3.8) is 0 Å². The number of fused-ring (bicyclic) bond motifs is 1. The van der Waals surface area contributed by atoms with Gasteiger partial charge in [0, 0.05) is 17.7 Å². The first-order valence-corrected chi connectivity index (χ1v) is 7.29. The fourth-order valence-corrected chi connectivity index (χ4v) is 2.57. The maximum Gasteiger partial charge on any atom is 0.202 e. The molecule has 7 nitrogen and oxygen atoms in total. The molecule has 0 aliphatic heterocycles. The number of hydrogen-bond acceptors (Lipinski definition) is 7. The highest BCUT2D eigenvalue weighted by molar-refractivity contribution is 5.91. The number of benzene rings is 2. The van der Waals surface area contributed by atoms with E-state index in [0.717, 1.165) is 0 Å². The average molecular weight is 344 g/mol. The van der Waals surface area contributed by atoms with E-state index in [0.29, 0.717) is 5.56 Å². The van der Waals surface area contributed by atoms with Crippen LogP contribution in [0.5, 0.6) is 28.7 Å². The summed E-state index contributed by atoms with van der Waals surface area (Å²) in [6.07, 6.45) is 0. The molecule has 1 heterocycles. The second-order valence-corrected chi connectivity index (χ2v) is 5.20. The first-order valence-electron chi connectivity index (χ1n) is 7.29. The van der Waals surface area contributed by atoms with Gasteiger partial charge >= 0.3 is 0 Å². The zero-order chi connectivity index (χ0) is 18.1. The van der Waals surface area contributed by atoms with Gasteiger partial charge in [0.05, 0.1) is 21.3 Å². The van der Waals surface area contributed by atoms with Gasteiger partial charge in [-0.05, 0) is 18.2 Å². The molecule has 7 heteroatoms. The van der Waals surface area contributed by atoms with E-state index in [1.807, 2.05) is 0 Å². The Morgan fingerprint density at radius 1 is 0.880 bits per heavy atom. The van der Waals surface area contributed by atoms with Gasteiger partial charge in [0.25, 0.3) is 0 Å².